The van der Waals surface area contributed by atoms with Crippen LogP contribution in [0.2, 0.25) is 10.0 Å². The fraction of sp³-hybridized carbons (Fsp3) is 0.176. The molecule has 0 unspecified atom stereocenters. The summed E-state index contributed by atoms with van der Waals surface area (Å²) in [6.07, 6.45) is 2.21. The number of nitrogens with zero attached hydrogens (tertiary/aromatic N) is 1. The van der Waals surface area contributed by atoms with Crippen molar-refractivity contribution in [3.05, 3.63) is 75.8 Å². The highest BCUT2D eigenvalue weighted by molar-refractivity contribution is 6.31. The Hall–Kier alpha value is -1.28. The van der Waals surface area contributed by atoms with Gasteiger partial charge < -0.3 is 4.90 Å². The fourth-order valence-corrected chi connectivity index (χ4v) is 2.19. The monoisotopic (exact) mass is 305 g/mol. The van der Waals surface area contributed by atoms with E-state index in [1.807, 2.05) is 48.5 Å². The molecule has 0 saturated carbocycles. The molecule has 104 valence electrons. The maximum Gasteiger partial charge on any atom is 0.0406 e. The number of halogens is 2. The van der Waals surface area contributed by atoms with Gasteiger partial charge in [0, 0.05) is 16.6 Å². The van der Waals surface area contributed by atoms with E-state index in [2.05, 4.69) is 25.1 Å². The van der Waals surface area contributed by atoms with Gasteiger partial charge in [0.25, 0.3) is 0 Å². The quantitative estimate of drug-likeness (QED) is 0.769. The highest BCUT2D eigenvalue weighted by atomic mass is 35.5. The summed E-state index contributed by atoms with van der Waals surface area (Å²) in [6.45, 7) is 0.876. The summed E-state index contributed by atoms with van der Waals surface area (Å²) in [4.78, 5) is 2.13. The normalized spacial score (nSPS) is 10.7. The smallest absolute Gasteiger partial charge is 0.0406 e. The number of rotatable bonds is 4. The Bertz CT molecular complexity index is 536. The van der Waals surface area contributed by atoms with E-state index in [4.69, 9.17) is 23.2 Å². The molecule has 0 radical (unpaired) electrons. The average Bonchev–Trinajstić information content (AvgIpc) is 2.42. The van der Waals surface area contributed by atoms with E-state index < -0.39 is 0 Å². The van der Waals surface area contributed by atoms with Gasteiger partial charge in [0.2, 0.25) is 0 Å². The van der Waals surface area contributed by atoms with Crippen molar-refractivity contribution in [2.24, 2.45) is 0 Å². The van der Waals surface area contributed by atoms with Crippen molar-refractivity contribution in [2.75, 3.05) is 20.6 Å². The first kappa shape index (κ1) is 15.1. The number of benzene rings is 2. The molecular formula is C17H17Cl2N. The fourth-order valence-electron chi connectivity index (χ4n) is 1.94. The Morgan fingerprint density at radius 1 is 0.850 bits per heavy atom. The van der Waals surface area contributed by atoms with Gasteiger partial charge in [-0.05, 0) is 55.1 Å². The zero-order valence-corrected chi connectivity index (χ0v) is 13.1. The van der Waals surface area contributed by atoms with Gasteiger partial charge in [0.05, 0.1) is 0 Å². The molecule has 0 N–H and O–H groups in total. The Morgan fingerprint density at radius 2 is 1.25 bits per heavy atom. The summed E-state index contributed by atoms with van der Waals surface area (Å²) in [5, 5.41) is 1.49. The zero-order chi connectivity index (χ0) is 14.5. The SMILES string of the molecule is CN(C)CC=C(c1ccc(Cl)cc1)c1ccc(Cl)cc1. The van der Waals surface area contributed by atoms with Crippen LogP contribution in [-0.2, 0) is 0 Å². The first-order chi connectivity index (χ1) is 9.56. The zero-order valence-electron chi connectivity index (χ0n) is 11.6. The van der Waals surface area contributed by atoms with Crippen LogP contribution in [0.1, 0.15) is 11.1 Å². The summed E-state index contributed by atoms with van der Waals surface area (Å²) < 4.78 is 0. The van der Waals surface area contributed by atoms with Crippen molar-refractivity contribution in [1.82, 2.24) is 4.90 Å². The molecule has 0 aliphatic carbocycles. The van der Waals surface area contributed by atoms with Gasteiger partial charge in [-0.2, -0.15) is 0 Å². The van der Waals surface area contributed by atoms with Crippen molar-refractivity contribution in [3.63, 3.8) is 0 Å². The van der Waals surface area contributed by atoms with Gasteiger partial charge in [0.1, 0.15) is 0 Å². The van der Waals surface area contributed by atoms with Crippen LogP contribution in [0.5, 0.6) is 0 Å². The van der Waals surface area contributed by atoms with Gasteiger partial charge in [-0.15, -0.1) is 0 Å². The van der Waals surface area contributed by atoms with Gasteiger partial charge in [-0.3, -0.25) is 0 Å². The summed E-state index contributed by atoms with van der Waals surface area (Å²) in [5.41, 5.74) is 3.49. The predicted octanol–water partition coefficient (Wildman–Crippen LogP) is 4.99. The highest BCUT2D eigenvalue weighted by Gasteiger charge is 2.05. The molecule has 0 fully saturated rings. The van der Waals surface area contributed by atoms with E-state index >= 15 is 0 Å². The average molecular weight is 306 g/mol. The molecular weight excluding hydrogens is 289 g/mol. The van der Waals surface area contributed by atoms with Crippen molar-refractivity contribution < 1.29 is 0 Å². The van der Waals surface area contributed by atoms with Crippen molar-refractivity contribution in [1.29, 1.82) is 0 Å². The molecule has 0 aliphatic heterocycles. The summed E-state index contributed by atoms with van der Waals surface area (Å²) in [5.74, 6) is 0. The van der Waals surface area contributed by atoms with Crippen LogP contribution in [0.4, 0.5) is 0 Å². The van der Waals surface area contributed by atoms with Crippen LogP contribution < -0.4 is 0 Å². The lowest BCUT2D eigenvalue weighted by Gasteiger charge is -2.12. The maximum atomic E-state index is 5.97. The van der Waals surface area contributed by atoms with E-state index in [-0.39, 0.29) is 0 Å². The number of hydrogen-bond donors (Lipinski definition) is 0. The van der Waals surface area contributed by atoms with Crippen LogP contribution >= 0.6 is 23.2 Å². The molecule has 2 rings (SSSR count). The van der Waals surface area contributed by atoms with Crippen LogP contribution in [0.25, 0.3) is 5.57 Å². The maximum absolute atomic E-state index is 5.97. The number of hydrogen-bond acceptors (Lipinski definition) is 1. The Kier molecular flexibility index (Phi) is 5.24. The predicted molar refractivity (Wildman–Crippen MR) is 88.5 cm³/mol. The topological polar surface area (TPSA) is 3.24 Å². The molecule has 0 saturated heterocycles. The Morgan fingerprint density at radius 3 is 1.60 bits per heavy atom. The second kappa shape index (κ2) is 6.94. The first-order valence-electron chi connectivity index (χ1n) is 6.43. The largest absolute Gasteiger partial charge is 0.306 e. The van der Waals surface area contributed by atoms with E-state index in [9.17, 15) is 0 Å². The second-order valence-electron chi connectivity index (χ2n) is 4.89. The van der Waals surface area contributed by atoms with E-state index in [1.165, 1.54) is 5.57 Å². The highest BCUT2D eigenvalue weighted by Crippen LogP contribution is 2.26. The minimum atomic E-state index is 0.747. The van der Waals surface area contributed by atoms with Gasteiger partial charge in [-0.25, -0.2) is 0 Å². The van der Waals surface area contributed by atoms with Crippen LogP contribution in [0.15, 0.2) is 54.6 Å². The first-order valence-corrected chi connectivity index (χ1v) is 7.18. The lowest BCUT2D eigenvalue weighted by molar-refractivity contribution is 0.457. The lowest BCUT2D eigenvalue weighted by Crippen LogP contribution is -2.11. The standard InChI is InChI=1S/C17H17Cl2N/c1-20(2)12-11-17(13-3-7-15(18)8-4-13)14-5-9-16(19)10-6-14/h3-11H,12H2,1-2H3. The van der Waals surface area contributed by atoms with Crippen molar-refractivity contribution in [2.45, 2.75) is 0 Å². The molecule has 2 aromatic carbocycles. The number of likely N-dealkylation sites (N-methyl/N-ethyl adjacent to an activating group) is 1. The summed E-state index contributed by atoms with van der Waals surface area (Å²) >= 11 is 11.9. The molecule has 0 amide bonds. The summed E-state index contributed by atoms with van der Waals surface area (Å²) in [6, 6.07) is 15.8. The van der Waals surface area contributed by atoms with Crippen LogP contribution in [-0.4, -0.2) is 25.5 Å². The molecule has 2 aromatic rings. The third kappa shape index (κ3) is 4.11. The van der Waals surface area contributed by atoms with E-state index in [1.54, 1.807) is 0 Å². The Labute approximate surface area is 130 Å². The van der Waals surface area contributed by atoms with Gasteiger partial charge in [-0.1, -0.05) is 53.5 Å². The van der Waals surface area contributed by atoms with E-state index in [0.717, 1.165) is 27.7 Å². The molecule has 0 atom stereocenters. The lowest BCUT2D eigenvalue weighted by atomic mass is 9.97. The van der Waals surface area contributed by atoms with E-state index in [0.29, 0.717) is 0 Å². The third-order valence-corrected chi connectivity index (χ3v) is 3.47. The molecule has 1 nitrogen and oxygen atoms in total. The Balaban J connectivity index is 2.41. The minimum Gasteiger partial charge on any atom is -0.306 e. The molecule has 0 spiro atoms. The summed E-state index contributed by atoms with van der Waals surface area (Å²) in [7, 11) is 4.11. The third-order valence-electron chi connectivity index (χ3n) is 2.97. The molecule has 20 heavy (non-hydrogen) atoms. The van der Waals surface area contributed by atoms with Crippen LogP contribution in [0, 0.1) is 0 Å². The molecule has 0 bridgehead atoms. The molecule has 3 heteroatoms. The molecule has 0 aromatic heterocycles. The minimum absolute atomic E-state index is 0.747. The van der Waals surface area contributed by atoms with Crippen molar-refractivity contribution in [3.8, 4) is 0 Å². The molecule has 0 aliphatic rings. The van der Waals surface area contributed by atoms with Gasteiger partial charge >= 0.3 is 0 Å². The van der Waals surface area contributed by atoms with Crippen LogP contribution in [0.3, 0.4) is 0 Å². The van der Waals surface area contributed by atoms with Crippen molar-refractivity contribution >= 4 is 28.8 Å². The second-order valence-corrected chi connectivity index (χ2v) is 5.77. The van der Waals surface area contributed by atoms with Gasteiger partial charge in [0.15, 0.2) is 0 Å². The molecule has 0 heterocycles.